The maximum atomic E-state index is 10.4. The van der Waals surface area contributed by atoms with Gasteiger partial charge in [0.05, 0.1) is 12.1 Å². The van der Waals surface area contributed by atoms with Crippen LogP contribution in [0.1, 0.15) is 0 Å². The molecule has 2 rings (SSSR count). The summed E-state index contributed by atoms with van der Waals surface area (Å²) in [5.74, 6) is -0.897. The molecule has 2 aromatic heterocycles. The predicted octanol–water partition coefficient (Wildman–Crippen LogP) is 0.951. The van der Waals surface area contributed by atoms with E-state index in [4.69, 9.17) is 5.11 Å². The first-order chi connectivity index (χ1) is 6.77. The lowest BCUT2D eigenvalue weighted by Crippen LogP contribution is -1.98. The summed E-state index contributed by atoms with van der Waals surface area (Å²) >= 11 is 1.14. The van der Waals surface area contributed by atoms with Crippen molar-refractivity contribution in [1.82, 2.24) is 19.9 Å². The fourth-order valence-electron chi connectivity index (χ4n) is 0.982. The Hall–Kier alpha value is -1.34. The first-order valence-electron chi connectivity index (χ1n) is 3.76. The second-order valence-corrected chi connectivity index (χ2v) is 3.43. The number of carboxylic acid groups (broad SMARTS) is 1. The molecule has 8 heteroatoms. The lowest BCUT2D eigenvalue weighted by Gasteiger charge is -1.97. The van der Waals surface area contributed by atoms with Crippen molar-refractivity contribution in [2.45, 2.75) is 5.03 Å². The van der Waals surface area contributed by atoms with Crippen LogP contribution >= 0.6 is 24.2 Å². The molecule has 0 saturated heterocycles. The summed E-state index contributed by atoms with van der Waals surface area (Å²) < 4.78 is 0. The SMILES string of the molecule is Cl.O=C(O)CSc1ncnc2nc[nH]c12. The number of aromatic nitrogens is 4. The molecule has 0 saturated carbocycles. The molecule has 0 amide bonds. The third-order valence-corrected chi connectivity index (χ3v) is 2.49. The number of nitrogens with zero attached hydrogens (tertiary/aromatic N) is 3. The predicted molar refractivity (Wildman–Crippen MR) is 57.3 cm³/mol. The smallest absolute Gasteiger partial charge is 0.313 e. The van der Waals surface area contributed by atoms with E-state index >= 15 is 0 Å². The van der Waals surface area contributed by atoms with Crippen molar-refractivity contribution in [3.63, 3.8) is 0 Å². The van der Waals surface area contributed by atoms with E-state index in [9.17, 15) is 4.79 Å². The lowest BCUT2D eigenvalue weighted by atomic mass is 10.6. The third-order valence-electron chi connectivity index (χ3n) is 1.52. The average Bonchev–Trinajstić information content (AvgIpc) is 2.62. The highest BCUT2D eigenvalue weighted by atomic mass is 35.5. The van der Waals surface area contributed by atoms with Gasteiger partial charge in [-0.3, -0.25) is 4.79 Å². The van der Waals surface area contributed by atoms with Crippen molar-refractivity contribution in [2.24, 2.45) is 0 Å². The van der Waals surface area contributed by atoms with Crippen LogP contribution in [0.2, 0.25) is 0 Å². The Morgan fingerprint density at radius 3 is 3.00 bits per heavy atom. The van der Waals surface area contributed by atoms with E-state index in [2.05, 4.69) is 19.9 Å². The molecular formula is C7H7ClN4O2S. The van der Waals surface area contributed by atoms with Crippen LogP contribution in [0.15, 0.2) is 17.7 Å². The summed E-state index contributed by atoms with van der Waals surface area (Å²) in [4.78, 5) is 25.0. The molecule has 0 spiro atoms. The number of hydrogen-bond donors (Lipinski definition) is 2. The maximum Gasteiger partial charge on any atom is 0.313 e. The van der Waals surface area contributed by atoms with Crippen molar-refractivity contribution < 1.29 is 9.90 Å². The molecule has 0 radical (unpaired) electrons. The number of carboxylic acids is 1. The van der Waals surface area contributed by atoms with Crippen LogP contribution in [0.3, 0.4) is 0 Å². The van der Waals surface area contributed by atoms with Gasteiger partial charge >= 0.3 is 5.97 Å². The summed E-state index contributed by atoms with van der Waals surface area (Å²) in [6.07, 6.45) is 2.87. The van der Waals surface area contributed by atoms with E-state index in [0.29, 0.717) is 16.2 Å². The molecule has 2 heterocycles. The Bertz CT molecular complexity index is 475. The zero-order valence-corrected chi connectivity index (χ0v) is 9.01. The van der Waals surface area contributed by atoms with E-state index < -0.39 is 5.97 Å². The lowest BCUT2D eigenvalue weighted by molar-refractivity contribution is -0.133. The van der Waals surface area contributed by atoms with Crippen LogP contribution in [0, 0.1) is 0 Å². The minimum atomic E-state index is -0.874. The van der Waals surface area contributed by atoms with Gasteiger partial charge in [0, 0.05) is 0 Å². The molecule has 6 nitrogen and oxygen atoms in total. The van der Waals surface area contributed by atoms with E-state index in [1.165, 1.54) is 12.7 Å². The van der Waals surface area contributed by atoms with E-state index in [1.54, 1.807) is 0 Å². The number of rotatable bonds is 3. The van der Waals surface area contributed by atoms with Crippen LogP contribution in [-0.2, 0) is 4.79 Å². The number of aromatic amines is 1. The summed E-state index contributed by atoms with van der Waals surface area (Å²) in [5.41, 5.74) is 1.23. The first kappa shape index (κ1) is 11.7. The van der Waals surface area contributed by atoms with Crippen LogP contribution in [-0.4, -0.2) is 36.8 Å². The Balaban J connectivity index is 0.00000112. The Morgan fingerprint density at radius 1 is 1.47 bits per heavy atom. The number of imidazole rings is 1. The van der Waals surface area contributed by atoms with Crippen molar-refractivity contribution in [3.05, 3.63) is 12.7 Å². The van der Waals surface area contributed by atoms with Crippen LogP contribution < -0.4 is 0 Å². The molecule has 0 atom stereocenters. The monoisotopic (exact) mass is 246 g/mol. The molecule has 0 fully saturated rings. The van der Waals surface area contributed by atoms with Crippen LogP contribution in [0.25, 0.3) is 11.2 Å². The highest BCUT2D eigenvalue weighted by Crippen LogP contribution is 2.20. The van der Waals surface area contributed by atoms with Gasteiger partial charge in [-0.25, -0.2) is 15.0 Å². The number of carbonyl (C=O) groups is 1. The first-order valence-corrected chi connectivity index (χ1v) is 4.74. The fourth-order valence-corrected chi connectivity index (χ4v) is 1.66. The van der Waals surface area contributed by atoms with Crippen molar-refractivity contribution in [1.29, 1.82) is 0 Å². The number of nitrogens with one attached hydrogen (secondary N) is 1. The number of halogens is 1. The second-order valence-electron chi connectivity index (χ2n) is 2.46. The van der Waals surface area contributed by atoms with Gasteiger partial charge in [-0.2, -0.15) is 0 Å². The van der Waals surface area contributed by atoms with Crippen molar-refractivity contribution in [2.75, 3.05) is 5.75 Å². The van der Waals surface area contributed by atoms with Crippen LogP contribution in [0.4, 0.5) is 0 Å². The Labute approximate surface area is 94.9 Å². The molecule has 0 aliphatic heterocycles. The molecule has 0 aromatic carbocycles. The zero-order valence-electron chi connectivity index (χ0n) is 7.38. The minimum absolute atomic E-state index is 0. The normalized spacial score (nSPS) is 9.87. The number of aliphatic carboxylic acids is 1. The Kier molecular flexibility index (Phi) is 3.87. The molecule has 0 unspecified atom stereocenters. The molecule has 0 aliphatic rings. The van der Waals surface area contributed by atoms with E-state index in [1.807, 2.05) is 0 Å². The van der Waals surface area contributed by atoms with Gasteiger partial charge in [-0.15, -0.1) is 12.4 Å². The topological polar surface area (TPSA) is 91.8 Å². The summed E-state index contributed by atoms with van der Waals surface area (Å²) in [7, 11) is 0. The molecule has 80 valence electrons. The van der Waals surface area contributed by atoms with E-state index in [-0.39, 0.29) is 18.2 Å². The second kappa shape index (κ2) is 4.94. The largest absolute Gasteiger partial charge is 0.481 e. The van der Waals surface area contributed by atoms with Gasteiger partial charge in [-0.05, 0) is 0 Å². The number of H-pyrrole nitrogens is 1. The average molecular weight is 247 g/mol. The fraction of sp³-hybridized carbons (Fsp3) is 0.143. The number of fused-ring (bicyclic) bond motifs is 1. The molecule has 2 aromatic rings. The maximum absolute atomic E-state index is 10.4. The van der Waals surface area contributed by atoms with Gasteiger partial charge in [-0.1, -0.05) is 11.8 Å². The molecule has 15 heavy (non-hydrogen) atoms. The number of hydrogen-bond acceptors (Lipinski definition) is 5. The van der Waals surface area contributed by atoms with Gasteiger partial charge in [0.2, 0.25) is 0 Å². The third kappa shape index (κ3) is 2.57. The van der Waals surface area contributed by atoms with Crippen molar-refractivity contribution >= 4 is 41.3 Å². The standard InChI is InChI=1S/C7H6N4O2S.ClH/c12-4(13)1-14-7-5-6(9-2-8-5)10-3-11-7;/h2-3H,1H2,(H,12,13)(H,8,9,10,11);1H. The van der Waals surface area contributed by atoms with Gasteiger partial charge in [0.25, 0.3) is 0 Å². The van der Waals surface area contributed by atoms with Gasteiger partial charge in [0.1, 0.15) is 16.9 Å². The molecule has 0 aliphatic carbocycles. The molecule has 2 N–H and O–H groups in total. The summed E-state index contributed by atoms with van der Waals surface area (Å²) in [6, 6.07) is 0. The van der Waals surface area contributed by atoms with Crippen LogP contribution in [0.5, 0.6) is 0 Å². The highest BCUT2D eigenvalue weighted by Gasteiger charge is 2.07. The van der Waals surface area contributed by atoms with Gasteiger partial charge < -0.3 is 10.1 Å². The molecular weight excluding hydrogens is 240 g/mol. The zero-order chi connectivity index (χ0) is 9.97. The van der Waals surface area contributed by atoms with E-state index in [0.717, 1.165) is 11.8 Å². The molecule has 0 bridgehead atoms. The quantitative estimate of drug-likeness (QED) is 0.619. The Morgan fingerprint density at radius 2 is 2.27 bits per heavy atom. The number of thioether (sulfide) groups is 1. The highest BCUT2D eigenvalue weighted by molar-refractivity contribution is 8.00. The van der Waals surface area contributed by atoms with Gasteiger partial charge in [0.15, 0.2) is 5.65 Å². The summed E-state index contributed by atoms with van der Waals surface area (Å²) in [5, 5.41) is 9.11. The van der Waals surface area contributed by atoms with Crippen molar-refractivity contribution in [3.8, 4) is 0 Å². The minimum Gasteiger partial charge on any atom is -0.481 e. The summed E-state index contributed by atoms with van der Waals surface area (Å²) in [6.45, 7) is 0.